The first kappa shape index (κ1) is 17.1. The summed E-state index contributed by atoms with van der Waals surface area (Å²) in [7, 11) is 1.64. The van der Waals surface area contributed by atoms with E-state index in [0.717, 1.165) is 29.4 Å². The molecule has 2 rings (SSSR count). The topological polar surface area (TPSA) is 43.6 Å². The van der Waals surface area contributed by atoms with Crippen LogP contribution in [0.3, 0.4) is 0 Å². The first-order chi connectivity index (χ1) is 9.83. The maximum absolute atomic E-state index is 5.52. The fourth-order valence-electron chi connectivity index (χ4n) is 1.83. The van der Waals surface area contributed by atoms with Crippen molar-refractivity contribution in [2.45, 2.75) is 13.1 Å². The summed E-state index contributed by atoms with van der Waals surface area (Å²) in [6.45, 7) is 5.53. The van der Waals surface area contributed by atoms with Crippen molar-refractivity contribution in [1.82, 2.24) is 5.32 Å². The molecule has 0 saturated carbocycles. The number of halogens is 1. The highest BCUT2D eigenvalue weighted by Crippen LogP contribution is 2.28. The number of methoxy groups -OCH3 is 1. The molecule has 0 saturated heterocycles. The van der Waals surface area contributed by atoms with Crippen molar-refractivity contribution in [1.29, 1.82) is 0 Å². The van der Waals surface area contributed by atoms with Gasteiger partial charge in [0, 0.05) is 6.54 Å². The molecule has 0 aliphatic rings. The van der Waals surface area contributed by atoms with Crippen molar-refractivity contribution in [2.75, 3.05) is 13.7 Å². The molecular weight excluding hydrogens is 290 g/mol. The average molecular weight is 309 g/mol. The highest BCUT2D eigenvalue weighted by Gasteiger charge is 2.05. The zero-order chi connectivity index (χ0) is 14.2. The Bertz CT molecular complexity index is 540. The second-order valence-corrected chi connectivity index (χ2v) is 4.27. The Morgan fingerprint density at radius 3 is 2.76 bits per heavy atom. The lowest BCUT2D eigenvalue weighted by Gasteiger charge is -2.11. The molecule has 1 N–H and O–H groups in total. The van der Waals surface area contributed by atoms with Crippen molar-refractivity contribution in [3.8, 4) is 11.5 Å². The molecule has 2 aromatic rings. The molecule has 114 valence electrons. The average Bonchev–Trinajstić information content (AvgIpc) is 2.99. The third kappa shape index (κ3) is 5.17. The lowest BCUT2D eigenvalue weighted by atomic mass is 10.2. The maximum atomic E-state index is 5.52. The molecule has 0 amide bonds. The van der Waals surface area contributed by atoms with Crippen LogP contribution in [0.4, 0.5) is 0 Å². The summed E-state index contributed by atoms with van der Waals surface area (Å²) in [6.07, 6.45) is 3.38. The Morgan fingerprint density at radius 2 is 2.10 bits per heavy atom. The first-order valence-corrected chi connectivity index (χ1v) is 6.47. The number of hydrogen-bond donors (Lipinski definition) is 1. The Morgan fingerprint density at radius 1 is 1.24 bits per heavy atom. The number of ether oxygens (including phenoxy) is 2. The van der Waals surface area contributed by atoms with Gasteiger partial charge >= 0.3 is 0 Å². The minimum atomic E-state index is 0. The number of benzene rings is 1. The van der Waals surface area contributed by atoms with E-state index in [4.69, 9.17) is 13.9 Å². The van der Waals surface area contributed by atoms with E-state index in [1.807, 2.05) is 30.3 Å². The molecule has 21 heavy (non-hydrogen) atoms. The molecule has 0 bridgehead atoms. The Balaban J connectivity index is 0.00000220. The molecule has 0 fully saturated rings. The molecule has 0 unspecified atom stereocenters. The number of nitrogens with one attached hydrogen (secondary N) is 1. The molecule has 4 nitrogen and oxygen atoms in total. The van der Waals surface area contributed by atoms with Gasteiger partial charge in [-0.3, -0.25) is 0 Å². The van der Waals surface area contributed by atoms with Crippen LogP contribution in [-0.2, 0) is 13.1 Å². The number of furan rings is 1. The summed E-state index contributed by atoms with van der Waals surface area (Å²) >= 11 is 0. The van der Waals surface area contributed by atoms with E-state index in [1.165, 1.54) is 0 Å². The molecule has 1 aromatic heterocycles. The van der Waals surface area contributed by atoms with E-state index in [1.54, 1.807) is 19.4 Å². The lowest BCUT2D eigenvalue weighted by molar-refractivity contribution is -0.00000524. The van der Waals surface area contributed by atoms with Crippen LogP contribution in [0, 0.1) is 0 Å². The van der Waals surface area contributed by atoms with Crippen LogP contribution in [0.1, 0.15) is 11.3 Å². The largest absolute Gasteiger partial charge is 1.00 e. The molecule has 1 heterocycles. The van der Waals surface area contributed by atoms with Crippen molar-refractivity contribution < 1.29 is 26.3 Å². The first-order valence-electron chi connectivity index (χ1n) is 6.47. The van der Waals surface area contributed by atoms with Crippen LogP contribution < -0.4 is 27.2 Å². The third-order valence-electron chi connectivity index (χ3n) is 2.79. The van der Waals surface area contributed by atoms with Crippen molar-refractivity contribution in [3.63, 3.8) is 0 Å². The summed E-state index contributed by atoms with van der Waals surface area (Å²) in [6, 6.07) is 9.71. The van der Waals surface area contributed by atoms with Gasteiger partial charge in [-0.2, -0.15) is 0 Å². The minimum Gasteiger partial charge on any atom is -1.00 e. The van der Waals surface area contributed by atoms with Gasteiger partial charge in [-0.15, -0.1) is 0 Å². The quantitative estimate of drug-likeness (QED) is 0.705. The van der Waals surface area contributed by atoms with Crippen molar-refractivity contribution in [2.24, 2.45) is 0 Å². The van der Waals surface area contributed by atoms with Gasteiger partial charge in [0.15, 0.2) is 11.5 Å². The summed E-state index contributed by atoms with van der Waals surface area (Å²) in [5, 5.41) is 3.31. The summed E-state index contributed by atoms with van der Waals surface area (Å²) in [5.41, 5.74) is 1.12. The zero-order valence-electron chi connectivity index (χ0n) is 12.0. The Labute approximate surface area is 131 Å². The van der Waals surface area contributed by atoms with Crippen LogP contribution in [0.25, 0.3) is 0 Å². The molecule has 0 radical (unpaired) electrons. The SMILES string of the molecule is C=CCOc1ccc(CNCc2ccco2)cc1OC.[Cl-]. The zero-order valence-corrected chi connectivity index (χ0v) is 12.7. The smallest absolute Gasteiger partial charge is 0.161 e. The van der Waals surface area contributed by atoms with E-state index in [2.05, 4.69) is 11.9 Å². The predicted octanol–water partition coefficient (Wildman–Crippen LogP) is 0.147. The van der Waals surface area contributed by atoms with Crippen LogP contribution in [0.2, 0.25) is 0 Å². The standard InChI is InChI=1S/C16H19NO3.ClH/c1-3-8-20-15-7-6-13(10-16(15)18-2)11-17-12-14-5-4-9-19-14;/h3-7,9-10,17H,1,8,11-12H2,2H3;1H/p-1. The second kappa shape index (κ2) is 9.10. The minimum absolute atomic E-state index is 0. The highest BCUT2D eigenvalue weighted by molar-refractivity contribution is 5.43. The van der Waals surface area contributed by atoms with Crippen LogP contribution in [0.5, 0.6) is 11.5 Å². The van der Waals surface area contributed by atoms with Gasteiger partial charge in [-0.05, 0) is 29.8 Å². The van der Waals surface area contributed by atoms with Gasteiger partial charge in [-0.25, -0.2) is 0 Å². The highest BCUT2D eigenvalue weighted by atomic mass is 35.5. The molecule has 0 aliphatic carbocycles. The van der Waals surface area contributed by atoms with Crippen molar-refractivity contribution >= 4 is 0 Å². The Hall–Kier alpha value is -1.91. The van der Waals surface area contributed by atoms with E-state index < -0.39 is 0 Å². The van der Waals surface area contributed by atoms with Gasteiger partial charge in [0.05, 0.1) is 19.9 Å². The lowest BCUT2D eigenvalue weighted by Crippen LogP contribution is -3.00. The second-order valence-electron chi connectivity index (χ2n) is 4.27. The van der Waals surface area contributed by atoms with Gasteiger partial charge < -0.3 is 31.6 Å². The molecule has 0 spiro atoms. The predicted molar refractivity (Wildman–Crippen MR) is 77.9 cm³/mol. The van der Waals surface area contributed by atoms with Crippen molar-refractivity contribution in [3.05, 3.63) is 60.6 Å². The van der Waals surface area contributed by atoms with E-state index in [-0.39, 0.29) is 12.4 Å². The Kier molecular flexibility index (Phi) is 7.43. The fraction of sp³-hybridized carbons (Fsp3) is 0.250. The van der Waals surface area contributed by atoms with Crippen LogP contribution in [-0.4, -0.2) is 13.7 Å². The van der Waals surface area contributed by atoms with Gasteiger partial charge in [0.1, 0.15) is 12.4 Å². The summed E-state index contributed by atoms with van der Waals surface area (Å²) in [4.78, 5) is 0. The number of hydrogen-bond acceptors (Lipinski definition) is 4. The molecule has 0 aliphatic heterocycles. The number of rotatable bonds is 8. The molecular formula is C16H19ClNO3-. The van der Waals surface area contributed by atoms with E-state index in [9.17, 15) is 0 Å². The van der Waals surface area contributed by atoms with Crippen LogP contribution >= 0.6 is 0 Å². The van der Waals surface area contributed by atoms with Gasteiger partial charge in [0.25, 0.3) is 0 Å². The molecule has 1 aromatic carbocycles. The fourth-order valence-corrected chi connectivity index (χ4v) is 1.83. The van der Waals surface area contributed by atoms with Crippen LogP contribution in [0.15, 0.2) is 53.7 Å². The molecule has 0 atom stereocenters. The summed E-state index contributed by atoms with van der Waals surface area (Å²) in [5.74, 6) is 2.37. The van der Waals surface area contributed by atoms with E-state index in [0.29, 0.717) is 13.2 Å². The van der Waals surface area contributed by atoms with E-state index >= 15 is 0 Å². The van der Waals surface area contributed by atoms with Gasteiger partial charge in [-0.1, -0.05) is 18.7 Å². The van der Waals surface area contributed by atoms with Gasteiger partial charge in [0.2, 0.25) is 0 Å². The maximum Gasteiger partial charge on any atom is 0.161 e. The monoisotopic (exact) mass is 308 g/mol. The molecule has 5 heteroatoms. The summed E-state index contributed by atoms with van der Waals surface area (Å²) < 4.78 is 16.1. The normalized spacial score (nSPS) is 9.76. The third-order valence-corrected chi connectivity index (χ3v) is 2.79.